The summed E-state index contributed by atoms with van der Waals surface area (Å²) in [5.74, 6) is 0. The Morgan fingerprint density at radius 3 is 1.43 bits per heavy atom. The van der Waals surface area contributed by atoms with Gasteiger partial charge in [0.25, 0.3) is 0 Å². The predicted octanol–water partition coefficient (Wildman–Crippen LogP) is 6.72. The normalized spacial score (nSPS) is 13.7. The summed E-state index contributed by atoms with van der Waals surface area (Å²) in [6, 6.07) is 4.67. The summed E-state index contributed by atoms with van der Waals surface area (Å²) < 4.78 is 12.0. The van der Waals surface area contributed by atoms with Crippen LogP contribution < -0.4 is 0 Å². The Bertz CT molecular complexity index is 953. The van der Waals surface area contributed by atoms with Crippen molar-refractivity contribution in [1.82, 2.24) is 8.75 Å². The van der Waals surface area contributed by atoms with E-state index in [0.717, 1.165) is 11.0 Å². The van der Waals surface area contributed by atoms with Crippen LogP contribution in [0, 0.1) is 0 Å². The zero-order valence-corrected chi connectivity index (χ0v) is 16.7. The number of rotatable bonds is 0. The highest BCUT2D eigenvalue weighted by Gasteiger charge is 2.24. The van der Waals surface area contributed by atoms with Crippen LogP contribution in [0.2, 0.25) is 0 Å². The molecule has 2 nitrogen and oxygen atoms in total. The van der Waals surface area contributed by atoms with Crippen LogP contribution in [0.15, 0.2) is 12.1 Å². The Hall–Kier alpha value is -1.04. The highest BCUT2D eigenvalue weighted by atomic mass is 32.1. The predicted molar refractivity (Wildman–Crippen MR) is 106 cm³/mol. The molecule has 3 heterocycles. The summed E-state index contributed by atoms with van der Waals surface area (Å²) in [6.07, 6.45) is 0. The van der Waals surface area contributed by atoms with Crippen LogP contribution in [-0.4, -0.2) is 8.75 Å². The van der Waals surface area contributed by atoms with Gasteiger partial charge in [0.2, 0.25) is 0 Å². The van der Waals surface area contributed by atoms with Gasteiger partial charge >= 0.3 is 0 Å². The van der Waals surface area contributed by atoms with Gasteiger partial charge in [0.1, 0.15) is 11.0 Å². The fraction of sp³-hybridized carbons (Fsp3) is 0.444. The molecule has 0 radical (unpaired) electrons. The monoisotopic (exact) mass is 360 g/mol. The Morgan fingerprint density at radius 1 is 0.696 bits per heavy atom. The molecule has 0 aliphatic rings. The standard InChI is InChI=1S/C18H20N2S3/c1-17(2,3)11-7-9-13-14(20-23-19-13)10-8-12(18(4,5)6)22-16(10)15(9)21-11/h7-8H,1-6H3. The van der Waals surface area contributed by atoms with Gasteiger partial charge in [-0.2, -0.15) is 8.75 Å². The van der Waals surface area contributed by atoms with Crippen molar-refractivity contribution in [1.29, 1.82) is 0 Å². The lowest BCUT2D eigenvalue weighted by Crippen LogP contribution is -2.07. The summed E-state index contributed by atoms with van der Waals surface area (Å²) in [7, 11) is 0. The third kappa shape index (κ3) is 2.32. The van der Waals surface area contributed by atoms with E-state index in [9.17, 15) is 0 Å². The van der Waals surface area contributed by atoms with E-state index in [2.05, 4.69) is 62.4 Å². The van der Waals surface area contributed by atoms with Crippen LogP contribution in [0.1, 0.15) is 51.3 Å². The van der Waals surface area contributed by atoms with Crippen molar-refractivity contribution in [2.75, 3.05) is 0 Å². The molecular weight excluding hydrogens is 340 g/mol. The average molecular weight is 361 g/mol. The van der Waals surface area contributed by atoms with Gasteiger partial charge in [0, 0.05) is 20.5 Å². The molecular formula is C18H20N2S3. The number of hydrogen-bond donors (Lipinski definition) is 0. The number of nitrogens with zero attached hydrogens (tertiary/aromatic N) is 2. The summed E-state index contributed by atoms with van der Waals surface area (Å²) in [4.78, 5) is 2.83. The van der Waals surface area contributed by atoms with E-state index >= 15 is 0 Å². The molecule has 5 heteroatoms. The third-order valence-electron chi connectivity index (χ3n) is 4.15. The summed E-state index contributed by atoms with van der Waals surface area (Å²) in [5.41, 5.74) is 2.47. The third-order valence-corrected chi connectivity index (χ3v) is 7.96. The Balaban J connectivity index is 2.19. The first-order valence-corrected chi connectivity index (χ1v) is 10.1. The average Bonchev–Trinajstić information content (AvgIpc) is 3.13. The van der Waals surface area contributed by atoms with Crippen molar-refractivity contribution >= 4 is 65.6 Å². The zero-order valence-electron chi connectivity index (χ0n) is 14.3. The number of hydrogen-bond acceptors (Lipinski definition) is 5. The maximum absolute atomic E-state index is 4.61. The number of thiophene rings is 2. The van der Waals surface area contributed by atoms with E-state index in [-0.39, 0.29) is 10.8 Å². The molecule has 0 saturated heterocycles. The zero-order chi connectivity index (χ0) is 16.6. The minimum Gasteiger partial charge on any atom is -0.172 e. The molecule has 0 atom stereocenters. The summed E-state index contributed by atoms with van der Waals surface area (Å²) in [6.45, 7) is 13.7. The van der Waals surface area contributed by atoms with E-state index in [1.54, 1.807) is 0 Å². The number of fused-ring (bicyclic) bond motifs is 6. The Labute approximate surface area is 148 Å². The fourth-order valence-corrected chi connectivity index (χ4v) is 5.92. The van der Waals surface area contributed by atoms with Crippen LogP contribution in [0.5, 0.6) is 0 Å². The van der Waals surface area contributed by atoms with E-state index in [1.165, 1.54) is 41.7 Å². The topological polar surface area (TPSA) is 25.8 Å². The highest BCUT2D eigenvalue weighted by Crippen LogP contribution is 2.46. The van der Waals surface area contributed by atoms with Crippen molar-refractivity contribution in [2.24, 2.45) is 0 Å². The van der Waals surface area contributed by atoms with Gasteiger partial charge in [-0.15, -0.1) is 22.7 Å². The lowest BCUT2D eigenvalue weighted by Gasteiger charge is -2.15. The molecule has 0 fully saturated rings. The lowest BCUT2D eigenvalue weighted by molar-refractivity contribution is 0.604. The second-order valence-electron chi connectivity index (χ2n) is 8.17. The van der Waals surface area contributed by atoms with E-state index in [0.29, 0.717) is 0 Å². The second-order valence-corrected chi connectivity index (χ2v) is 10.8. The first-order chi connectivity index (χ1) is 10.7. The highest BCUT2D eigenvalue weighted by molar-refractivity contribution is 7.27. The van der Waals surface area contributed by atoms with Crippen molar-refractivity contribution in [3.8, 4) is 0 Å². The minimum absolute atomic E-state index is 0.163. The van der Waals surface area contributed by atoms with Crippen LogP contribution in [-0.2, 0) is 10.8 Å². The van der Waals surface area contributed by atoms with Gasteiger partial charge in [-0.1, -0.05) is 41.5 Å². The number of aromatic nitrogens is 2. The molecule has 0 aliphatic carbocycles. The summed E-state index contributed by atoms with van der Waals surface area (Å²) >= 11 is 5.17. The molecule has 0 unspecified atom stereocenters. The SMILES string of the molecule is CC(C)(C)c1cc2c3nsnc3c3cc(C(C)(C)C)sc3c2s1. The molecule has 4 rings (SSSR count). The largest absolute Gasteiger partial charge is 0.172 e. The molecule has 23 heavy (non-hydrogen) atoms. The molecule has 0 amide bonds. The molecule has 0 spiro atoms. The van der Waals surface area contributed by atoms with E-state index < -0.39 is 0 Å². The molecule has 4 aromatic rings. The number of benzene rings is 1. The molecule has 120 valence electrons. The quantitative estimate of drug-likeness (QED) is 0.348. The van der Waals surface area contributed by atoms with Gasteiger partial charge in [-0.3, -0.25) is 0 Å². The Kier molecular flexibility index (Phi) is 3.19. The van der Waals surface area contributed by atoms with Crippen LogP contribution in [0.3, 0.4) is 0 Å². The van der Waals surface area contributed by atoms with Crippen LogP contribution >= 0.6 is 34.4 Å². The van der Waals surface area contributed by atoms with Gasteiger partial charge in [0.05, 0.1) is 21.1 Å². The molecule has 0 saturated carbocycles. The maximum Gasteiger partial charge on any atom is 0.114 e. The smallest absolute Gasteiger partial charge is 0.114 e. The van der Waals surface area contributed by atoms with Gasteiger partial charge in [0.15, 0.2) is 0 Å². The van der Waals surface area contributed by atoms with Crippen LogP contribution in [0.25, 0.3) is 31.2 Å². The van der Waals surface area contributed by atoms with E-state index in [1.807, 2.05) is 22.7 Å². The lowest BCUT2D eigenvalue weighted by atomic mass is 9.93. The minimum atomic E-state index is 0.163. The molecule has 0 aliphatic heterocycles. The van der Waals surface area contributed by atoms with E-state index in [4.69, 9.17) is 0 Å². The van der Waals surface area contributed by atoms with Gasteiger partial charge in [-0.25, -0.2) is 0 Å². The summed E-state index contributed by atoms with van der Waals surface area (Å²) in [5, 5.41) is 2.55. The fourth-order valence-electron chi connectivity index (χ4n) is 2.75. The van der Waals surface area contributed by atoms with Crippen molar-refractivity contribution in [2.45, 2.75) is 52.4 Å². The van der Waals surface area contributed by atoms with Crippen molar-refractivity contribution in [3.05, 3.63) is 21.9 Å². The van der Waals surface area contributed by atoms with Crippen LogP contribution in [0.4, 0.5) is 0 Å². The molecule has 3 aromatic heterocycles. The van der Waals surface area contributed by atoms with Gasteiger partial charge < -0.3 is 0 Å². The van der Waals surface area contributed by atoms with Crippen molar-refractivity contribution < 1.29 is 0 Å². The first-order valence-electron chi connectivity index (χ1n) is 7.78. The Morgan fingerprint density at radius 2 is 1.09 bits per heavy atom. The molecule has 1 aromatic carbocycles. The van der Waals surface area contributed by atoms with Crippen molar-refractivity contribution in [3.63, 3.8) is 0 Å². The molecule has 0 N–H and O–H groups in total. The second kappa shape index (κ2) is 4.74. The van der Waals surface area contributed by atoms with Gasteiger partial charge in [-0.05, 0) is 23.0 Å². The first kappa shape index (κ1) is 15.5. The molecule has 0 bridgehead atoms. The maximum atomic E-state index is 4.61.